The Hall–Kier alpha value is -2.41. The van der Waals surface area contributed by atoms with Gasteiger partial charge in [-0.1, -0.05) is 37.3 Å². The predicted octanol–water partition coefficient (Wildman–Crippen LogP) is 2.46. The number of piperidine rings is 1. The Morgan fingerprint density at radius 1 is 1.30 bits per heavy atom. The van der Waals surface area contributed by atoms with Gasteiger partial charge in [-0.2, -0.15) is 5.26 Å². The van der Waals surface area contributed by atoms with E-state index in [9.17, 15) is 14.9 Å². The summed E-state index contributed by atoms with van der Waals surface area (Å²) in [6, 6.07) is 11.6. The monoisotopic (exact) mass is 308 g/mol. The van der Waals surface area contributed by atoms with Crippen LogP contribution in [0, 0.1) is 23.2 Å². The van der Waals surface area contributed by atoms with Crippen molar-refractivity contribution in [3.8, 4) is 6.07 Å². The molecule has 0 saturated carbocycles. The second-order valence-electron chi connectivity index (χ2n) is 6.34. The molecule has 2 aliphatic rings. The van der Waals surface area contributed by atoms with E-state index in [0.717, 1.165) is 12.0 Å². The Kier molecular flexibility index (Phi) is 3.81. The molecular formula is C19H20N2O2. The van der Waals surface area contributed by atoms with Crippen LogP contribution in [-0.4, -0.2) is 29.7 Å². The van der Waals surface area contributed by atoms with Gasteiger partial charge in [0.15, 0.2) is 5.78 Å². The van der Waals surface area contributed by atoms with Crippen molar-refractivity contribution in [2.24, 2.45) is 11.8 Å². The van der Waals surface area contributed by atoms with E-state index in [2.05, 4.69) is 0 Å². The van der Waals surface area contributed by atoms with Crippen LogP contribution in [-0.2, 0) is 15.0 Å². The van der Waals surface area contributed by atoms with Gasteiger partial charge in [-0.25, -0.2) is 0 Å². The smallest absolute Gasteiger partial charge is 0.237 e. The average Bonchev–Trinajstić information content (AvgIpc) is 2.59. The maximum atomic E-state index is 13.3. The van der Waals surface area contributed by atoms with Gasteiger partial charge in [-0.05, 0) is 30.9 Å². The molecule has 0 N–H and O–H groups in total. The summed E-state index contributed by atoms with van der Waals surface area (Å²) in [6.45, 7) is 5.12. The lowest BCUT2D eigenvalue weighted by atomic mass is 9.57. The maximum absolute atomic E-state index is 13.3. The van der Waals surface area contributed by atoms with Crippen LogP contribution < -0.4 is 0 Å². The van der Waals surface area contributed by atoms with Crippen LogP contribution in [0.3, 0.4) is 0 Å². The number of nitrogens with zero attached hydrogens (tertiary/aromatic N) is 2. The van der Waals surface area contributed by atoms with Crippen LogP contribution in [0.2, 0.25) is 0 Å². The number of hydrogen-bond donors (Lipinski definition) is 0. The molecular weight excluding hydrogens is 288 g/mol. The van der Waals surface area contributed by atoms with Crippen molar-refractivity contribution in [3.63, 3.8) is 0 Å². The molecule has 1 aliphatic carbocycles. The highest BCUT2D eigenvalue weighted by atomic mass is 16.2. The molecule has 0 aromatic heterocycles. The largest absolute Gasteiger partial charge is 0.342 e. The number of carbonyl (C=O) groups excluding carboxylic acids is 2. The van der Waals surface area contributed by atoms with E-state index in [0.29, 0.717) is 13.1 Å². The minimum atomic E-state index is -0.895. The second-order valence-corrected chi connectivity index (χ2v) is 6.34. The number of benzene rings is 1. The lowest BCUT2D eigenvalue weighted by Crippen LogP contribution is -2.59. The summed E-state index contributed by atoms with van der Waals surface area (Å²) in [7, 11) is 0. The number of allylic oxidation sites excluding steroid dienone is 1. The highest BCUT2D eigenvalue weighted by molar-refractivity contribution is 6.06. The molecule has 0 spiro atoms. The number of ketones is 1. The molecule has 0 bridgehead atoms. The van der Waals surface area contributed by atoms with Crippen molar-refractivity contribution in [1.82, 2.24) is 4.90 Å². The molecule has 4 nitrogen and oxygen atoms in total. The summed E-state index contributed by atoms with van der Waals surface area (Å²) < 4.78 is 0. The van der Waals surface area contributed by atoms with Crippen molar-refractivity contribution in [3.05, 3.63) is 47.5 Å². The van der Waals surface area contributed by atoms with Crippen molar-refractivity contribution >= 4 is 11.7 Å². The summed E-state index contributed by atoms with van der Waals surface area (Å²) >= 11 is 0. The Morgan fingerprint density at radius 3 is 2.61 bits per heavy atom. The Balaban J connectivity index is 2.28. The summed E-state index contributed by atoms with van der Waals surface area (Å²) in [5.74, 6) is -0.543. The van der Waals surface area contributed by atoms with E-state index in [4.69, 9.17) is 0 Å². The van der Waals surface area contributed by atoms with E-state index in [1.807, 2.05) is 55.1 Å². The number of likely N-dealkylation sites (N-methyl/N-ethyl adjacent to an activating group) is 1. The molecule has 1 amide bonds. The minimum Gasteiger partial charge on any atom is -0.342 e. The summed E-state index contributed by atoms with van der Waals surface area (Å²) in [6.07, 6.45) is 2.41. The lowest BCUT2D eigenvalue weighted by molar-refractivity contribution is -0.144. The van der Waals surface area contributed by atoms with Crippen molar-refractivity contribution < 1.29 is 9.59 Å². The van der Waals surface area contributed by atoms with Crippen LogP contribution in [0.25, 0.3) is 0 Å². The zero-order chi connectivity index (χ0) is 16.6. The van der Waals surface area contributed by atoms with Crippen molar-refractivity contribution in [1.29, 1.82) is 5.26 Å². The molecule has 1 aliphatic heterocycles. The summed E-state index contributed by atoms with van der Waals surface area (Å²) in [4.78, 5) is 27.5. The molecule has 0 radical (unpaired) electrons. The highest BCUT2D eigenvalue weighted by Crippen LogP contribution is 2.48. The van der Waals surface area contributed by atoms with Gasteiger partial charge in [-0.15, -0.1) is 0 Å². The van der Waals surface area contributed by atoms with Crippen LogP contribution in [0.4, 0.5) is 0 Å². The number of hydrogen-bond acceptors (Lipinski definition) is 3. The van der Waals surface area contributed by atoms with Gasteiger partial charge in [0, 0.05) is 19.0 Å². The standard InChI is InChI=1S/C19H20N2O2/c1-3-21-10-9-16-13(2)17(22)14(12-20)11-19(16,18(21)23)15-7-5-4-6-8-15/h4-8,11,13,16H,3,9-10H2,1-2H3/t13-,16-,19+/m0/s1. The number of Topliss-reactive ketones (excluding diaryl/α,β-unsaturated/α-hetero) is 1. The third kappa shape index (κ3) is 2.11. The minimum absolute atomic E-state index is 0.00884. The van der Waals surface area contributed by atoms with Crippen LogP contribution in [0.15, 0.2) is 42.0 Å². The number of nitriles is 1. The van der Waals surface area contributed by atoms with E-state index in [1.54, 1.807) is 6.08 Å². The van der Waals surface area contributed by atoms with Crippen LogP contribution in [0.1, 0.15) is 25.8 Å². The van der Waals surface area contributed by atoms with Crippen molar-refractivity contribution in [2.45, 2.75) is 25.7 Å². The fourth-order valence-corrected chi connectivity index (χ4v) is 4.11. The molecule has 1 fully saturated rings. The molecule has 23 heavy (non-hydrogen) atoms. The first kappa shape index (κ1) is 15.5. The van der Waals surface area contributed by atoms with E-state index < -0.39 is 5.41 Å². The first-order chi connectivity index (χ1) is 11.1. The van der Waals surface area contributed by atoms with E-state index in [-0.39, 0.29) is 29.1 Å². The van der Waals surface area contributed by atoms with Gasteiger partial charge in [-0.3, -0.25) is 9.59 Å². The third-order valence-corrected chi connectivity index (χ3v) is 5.34. The number of fused-ring (bicyclic) bond motifs is 1. The van der Waals surface area contributed by atoms with E-state index in [1.165, 1.54) is 0 Å². The molecule has 1 aromatic rings. The predicted molar refractivity (Wildman–Crippen MR) is 86.3 cm³/mol. The zero-order valence-corrected chi connectivity index (χ0v) is 13.5. The Morgan fingerprint density at radius 2 is 2.00 bits per heavy atom. The van der Waals surface area contributed by atoms with E-state index >= 15 is 0 Å². The molecule has 1 heterocycles. The third-order valence-electron chi connectivity index (χ3n) is 5.34. The highest BCUT2D eigenvalue weighted by Gasteiger charge is 2.56. The molecule has 0 unspecified atom stereocenters. The number of carbonyl (C=O) groups is 2. The summed E-state index contributed by atoms with van der Waals surface area (Å²) in [5.41, 5.74) is 0.0950. The molecule has 3 atom stereocenters. The second kappa shape index (κ2) is 5.66. The van der Waals surface area contributed by atoms with Crippen LogP contribution >= 0.6 is 0 Å². The summed E-state index contributed by atoms with van der Waals surface area (Å²) in [5, 5.41) is 9.38. The van der Waals surface area contributed by atoms with Gasteiger partial charge in [0.25, 0.3) is 0 Å². The number of amides is 1. The quantitative estimate of drug-likeness (QED) is 0.843. The normalized spacial score (nSPS) is 30.5. The fourth-order valence-electron chi connectivity index (χ4n) is 4.11. The molecule has 1 saturated heterocycles. The van der Waals surface area contributed by atoms with Gasteiger partial charge >= 0.3 is 0 Å². The SMILES string of the molecule is CCN1CC[C@H]2[C@H](C)C(=O)C(C#N)=C[C@]2(c2ccccc2)C1=O. The average molecular weight is 308 g/mol. The fraction of sp³-hybridized carbons (Fsp3) is 0.421. The first-order valence-electron chi connectivity index (χ1n) is 8.08. The Labute approximate surface area is 136 Å². The lowest BCUT2D eigenvalue weighted by Gasteiger charge is -2.49. The first-order valence-corrected chi connectivity index (χ1v) is 8.08. The number of rotatable bonds is 2. The Bertz CT molecular complexity index is 717. The zero-order valence-electron chi connectivity index (χ0n) is 13.5. The van der Waals surface area contributed by atoms with Crippen molar-refractivity contribution in [2.75, 3.05) is 13.1 Å². The number of likely N-dealkylation sites (tertiary alicyclic amines) is 1. The van der Waals surface area contributed by atoms with Gasteiger partial charge in [0.05, 0.1) is 11.0 Å². The van der Waals surface area contributed by atoms with Crippen LogP contribution in [0.5, 0.6) is 0 Å². The molecule has 3 rings (SSSR count). The van der Waals surface area contributed by atoms with Gasteiger partial charge in [0.2, 0.25) is 5.91 Å². The van der Waals surface area contributed by atoms with Gasteiger partial charge < -0.3 is 4.90 Å². The molecule has 118 valence electrons. The molecule has 1 aromatic carbocycles. The van der Waals surface area contributed by atoms with Gasteiger partial charge in [0.1, 0.15) is 6.07 Å². The molecule has 4 heteroatoms. The topological polar surface area (TPSA) is 61.2 Å². The maximum Gasteiger partial charge on any atom is 0.237 e.